The van der Waals surface area contributed by atoms with Crippen LogP contribution in [-0.4, -0.2) is 37.9 Å². The topological polar surface area (TPSA) is 61.8 Å². The van der Waals surface area contributed by atoms with Crippen molar-refractivity contribution in [2.75, 3.05) is 20.3 Å². The van der Waals surface area contributed by atoms with Crippen molar-refractivity contribution in [3.63, 3.8) is 0 Å². The maximum absolute atomic E-state index is 11.5. The van der Waals surface area contributed by atoms with Gasteiger partial charge in [0.25, 0.3) is 0 Å². The van der Waals surface area contributed by atoms with Crippen LogP contribution in [0, 0.1) is 0 Å². The standard InChI is InChI=1S/C12H20O5/c1-12(6-3-4-7-12)17-10(13)5-8-16-11(14)9-15-2/h3-9H2,1-2H3. The third-order valence-electron chi connectivity index (χ3n) is 2.85. The predicted octanol–water partition coefficient (Wildman–Crippen LogP) is 1.44. The lowest BCUT2D eigenvalue weighted by Crippen LogP contribution is -2.28. The SMILES string of the molecule is COCC(=O)OCCC(=O)OC1(C)CCCC1. The van der Waals surface area contributed by atoms with Crippen molar-refractivity contribution in [2.24, 2.45) is 0 Å². The molecule has 5 nitrogen and oxygen atoms in total. The molecular weight excluding hydrogens is 224 g/mol. The Balaban J connectivity index is 2.15. The molecule has 1 aliphatic carbocycles. The molecule has 0 heterocycles. The lowest BCUT2D eigenvalue weighted by Gasteiger charge is -2.23. The second kappa shape index (κ2) is 6.59. The smallest absolute Gasteiger partial charge is 0.332 e. The van der Waals surface area contributed by atoms with E-state index in [9.17, 15) is 9.59 Å². The first-order valence-corrected chi connectivity index (χ1v) is 5.92. The predicted molar refractivity (Wildman–Crippen MR) is 60.4 cm³/mol. The molecule has 0 saturated heterocycles. The van der Waals surface area contributed by atoms with Crippen molar-refractivity contribution in [3.05, 3.63) is 0 Å². The van der Waals surface area contributed by atoms with Crippen molar-refractivity contribution < 1.29 is 23.8 Å². The summed E-state index contributed by atoms with van der Waals surface area (Å²) < 4.78 is 14.8. The van der Waals surface area contributed by atoms with Crippen LogP contribution in [0.2, 0.25) is 0 Å². The molecule has 0 atom stereocenters. The highest BCUT2D eigenvalue weighted by Gasteiger charge is 2.32. The number of carbonyl (C=O) groups is 2. The molecule has 0 unspecified atom stereocenters. The molecule has 0 radical (unpaired) electrons. The minimum absolute atomic E-state index is 0.0527. The third kappa shape index (κ3) is 5.17. The molecule has 0 N–H and O–H groups in total. The molecule has 0 amide bonds. The Kier molecular flexibility index (Phi) is 5.41. The zero-order valence-corrected chi connectivity index (χ0v) is 10.5. The van der Waals surface area contributed by atoms with Gasteiger partial charge in [-0.1, -0.05) is 0 Å². The largest absolute Gasteiger partial charge is 0.463 e. The highest BCUT2D eigenvalue weighted by molar-refractivity contribution is 5.72. The van der Waals surface area contributed by atoms with Gasteiger partial charge < -0.3 is 14.2 Å². The molecule has 0 aromatic heterocycles. The van der Waals surface area contributed by atoms with Crippen LogP contribution < -0.4 is 0 Å². The van der Waals surface area contributed by atoms with E-state index in [1.165, 1.54) is 7.11 Å². The summed E-state index contributed by atoms with van der Waals surface area (Å²) in [7, 11) is 1.41. The molecule has 17 heavy (non-hydrogen) atoms. The summed E-state index contributed by atoms with van der Waals surface area (Å²) in [5.41, 5.74) is -0.312. The van der Waals surface area contributed by atoms with Gasteiger partial charge in [0, 0.05) is 7.11 Å². The Bertz CT molecular complexity index is 268. The van der Waals surface area contributed by atoms with Crippen LogP contribution in [0.4, 0.5) is 0 Å². The molecular formula is C12H20O5. The molecule has 1 aliphatic rings. The van der Waals surface area contributed by atoms with Gasteiger partial charge in [0.15, 0.2) is 0 Å². The highest BCUT2D eigenvalue weighted by atomic mass is 16.6. The van der Waals surface area contributed by atoms with E-state index in [2.05, 4.69) is 4.74 Å². The molecule has 98 valence electrons. The summed E-state index contributed by atoms with van der Waals surface area (Å²) in [6.45, 7) is 1.92. The third-order valence-corrected chi connectivity index (χ3v) is 2.85. The van der Waals surface area contributed by atoms with Crippen LogP contribution >= 0.6 is 0 Å². The summed E-state index contributed by atoms with van der Waals surface area (Å²) in [6, 6.07) is 0. The monoisotopic (exact) mass is 244 g/mol. The van der Waals surface area contributed by atoms with Gasteiger partial charge in [0.05, 0.1) is 6.42 Å². The van der Waals surface area contributed by atoms with Crippen LogP contribution in [0.15, 0.2) is 0 Å². The Labute approximate surface area is 101 Å². The zero-order chi connectivity index (χ0) is 12.7. The first-order valence-electron chi connectivity index (χ1n) is 5.92. The van der Waals surface area contributed by atoms with E-state index in [-0.39, 0.29) is 31.2 Å². The van der Waals surface area contributed by atoms with Gasteiger partial charge >= 0.3 is 11.9 Å². The molecule has 0 aromatic carbocycles. The maximum atomic E-state index is 11.5. The molecule has 0 spiro atoms. The Hall–Kier alpha value is -1.10. The van der Waals surface area contributed by atoms with Gasteiger partial charge in [-0.2, -0.15) is 0 Å². The summed E-state index contributed by atoms with van der Waals surface area (Å²) in [5.74, 6) is -0.771. The average molecular weight is 244 g/mol. The van der Waals surface area contributed by atoms with Crippen LogP contribution in [0.3, 0.4) is 0 Å². The summed E-state index contributed by atoms with van der Waals surface area (Å²) >= 11 is 0. The van der Waals surface area contributed by atoms with E-state index in [4.69, 9.17) is 9.47 Å². The van der Waals surface area contributed by atoms with E-state index in [1.54, 1.807) is 0 Å². The van der Waals surface area contributed by atoms with Crippen LogP contribution in [0.5, 0.6) is 0 Å². The lowest BCUT2D eigenvalue weighted by atomic mass is 10.1. The summed E-state index contributed by atoms with van der Waals surface area (Å²) in [4.78, 5) is 22.4. The van der Waals surface area contributed by atoms with E-state index < -0.39 is 5.97 Å². The highest BCUT2D eigenvalue weighted by Crippen LogP contribution is 2.32. The molecule has 5 heteroatoms. The first-order chi connectivity index (χ1) is 8.06. The van der Waals surface area contributed by atoms with E-state index in [1.807, 2.05) is 6.92 Å². The van der Waals surface area contributed by atoms with Gasteiger partial charge in [-0.15, -0.1) is 0 Å². The van der Waals surface area contributed by atoms with Crippen molar-refractivity contribution >= 4 is 11.9 Å². The van der Waals surface area contributed by atoms with Gasteiger partial charge in [-0.05, 0) is 32.6 Å². The fourth-order valence-electron chi connectivity index (χ4n) is 1.96. The number of carbonyl (C=O) groups excluding carboxylic acids is 2. The minimum atomic E-state index is -0.465. The molecule has 1 rings (SSSR count). The summed E-state index contributed by atoms with van der Waals surface area (Å²) in [6.07, 6.45) is 4.15. The van der Waals surface area contributed by atoms with Gasteiger partial charge in [0.1, 0.15) is 18.8 Å². The fraction of sp³-hybridized carbons (Fsp3) is 0.833. The second-order valence-electron chi connectivity index (χ2n) is 4.53. The molecule has 0 aliphatic heterocycles. The van der Waals surface area contributed by atoms with Crippen LogP contribution in [-0.2, 0) is 23.8 Å². The van der Waals surface area contributed by atoms with E-state index >= 15 is 0 Å². The van der Waals surface area contributed by atoms with Gasteiger partial charge in [0.2, 0.25) is 0 Å². The first kappa shape index (κ1) is 14.0. The number of esters is 2. The minimum Gasteiger partial charge on any atom is -0.463 e. The number of methoxy groups -OCH3 is 1. The quantitative estimate of drug-likeness (QED) is 0.662. The number of rotatable bonds is 6. The molecule has 1 fully saturated rings. The Morgan fingerprint density at radius 1 is 1.18 bits per heavy atom. The van der Waals surface area contributed by atoms with Crippen LogP contribution in [0.25, 0.3) is 0 Å². The van der Waals surface area contributed by atoms with Gasteiger partial charge in [-0.3, -0.25) is 4.79 Å². The summed E-state index contributed by atoms with van der Waals surface area (Å²) in [5, 5.41) is 0. The fourth-order valence-corrected chi connectivity index (χ4v) is 1.96. The second-order valence-corrected chi connectivity index (χ2v) is 4.53. The Morgan fingerprint density at radius 3 is 2.41 bits per heavy atom. The lowest BCUT2D eigenvalue weighted by molar-refractivity contribution is -0.160. The number of hydrogen-bond donors (Lipinski definition) is 0. The van der Waals surface area contributed by atoms with Crippen molar-refractivity contribution in [2.45, 2.75) is 44.6 Å². The molecule has 1 saturated carbocycles. The normalized spacial score (nSPS) is 17.8. The van der Waals surface area contributed by atoms with E-state index in [0.29, 0.717) is 0 Å². The molecule has 0 aromatic rings. The Morgan fingerprint density at radius 2 is 1.82 bits per heavy atom. The van der Waals surface area contributed by atoms with E-state index in [0.717, 1.165) is 25.7 Å². The zero-order valence-electron chi connectivity index (χ0n) is 10.5. The maximum Gasteiger partial charge on any atom is 0.332 e. The van der Waals surface area contributed by atoms with Gasteiger partial charge in [-0.25, -0.2) is 4.79 Å². The number of hydrogen-bond acceptors (Lipinski definition) is 5. The van der Waals surface area contributed by atoms with Crippen molar-refractivity contribution in [1.82, 2.24) is 0 Å². The van der Waals surface area contributed by atoms with Crippen molar-refractivity contribution in [3.8, 4) is 0 Å². The average Bonchev–Trinajstić information content (AvgIpc) is 2.65. The number of ether oxygens (including phenoxy) is 3. The molecule has 0 bridgehead atoms. The van der Waals surface area contributed by atoms with Crippen molar-refractivity contribution in [1.29, 1.82) is 0 Å². The van der Waals surface area contributed by atoms with Crippen LogP contribution in [0.1, 0.15) is 39.0 Å².